The molecule has 2 atom stereocenters. The first-order valence-electron chi connectivity index (χ1n) is 7.64. The second kappa shape index (κ2) is 6.41. The highest BCUT2D eigenvalue weighted by atomic mass is 16.1. The first kappa shape index (κ1) is 16.4. The molecule has 1 aliphatic carbocycles. The highest BCUT2D eigenvalue weighted by Crippen LogP contribution is 2.39. The molecule has 0 saturated heterocycles. The van der Waals surface area contributed by atoms with Crippen molar-refractivity contribution in [2.24, 2.45) is 17.7 Å². The molecule has 1 heterocycles. The molecular formula is C16H22N4O2. The van der Waals surface area contributed by atoms with Crippen LogP contribution in [0.1, 0.15) is 46.0 Å². The fourth-order valence-electron chi connectivity index (χ4n) is 3.66. The molecule has 22 heavy (non-hydrogen) atoms. The van der Waals surface area contributed by atoms with E-state index >= 15 is 0 Å². The van der Waals surface area contributed by atoms with E-state index < -0.39 is 17.9 Å². The van der Waals surface area contributed by atoms with Crippen LogP contribution in [-0.4, -0.2) is 28.5 Å². The predicted octanol–water partition coefficient (Wildman–Crippen LogP) is 1.72. The van der Waals surface area contributed by atoms with Crippen LogP contribution in [0, 0.1) is 28.6 Å². The van der Waals surface area contributed by atoms with Gasteiger partial charge in [0, 0.05) is 0 Å². The zero-order valence-corrected chi connectivity index (χ0v) is 13.1. The van der Waals surface area contributed by atoms with Crippen LogP contribution < -0.4 is 5.84 Å². The van der Waals surface area contributed by atoms with Gasteiger partial charge in [-0.15, -0.1) is 0 Å². The fourth-order valence-corrected chi connectivity index (χ4v) is 3.66. The Bertz CT molecular complexity index is 573. The van der Waals surface area contributed by atoms with E-state index in [4.69, 9.17) is 11.3 Å². The molecule has 0 spiro atoms. The van der Waals surface area contributed by atoms with Crippen LogP contribution in [0.3, 0.4) is 0 Å². The summed E-state index contributed by atoms with van der Waals surface area (Å²) in [7, 11) is 0. The maximum atomic E-state index is 12.0. The van der Waals surface area contributed by atoms with Crippen molar-refractivity contribution in [3.8, 4) is 6.07 Å². The number of nitrogens with two attached hydrogens (primary N) is 1. The first-order valence-corrected chi connectivity index (χ1v) is 7.64. The highest BCUT2D eigenvalue weighted by molar-refractivity contribution is 6.02. The normalized spacial score (nSPS) is 25.6. The number of hydrogen-bond acceptors (Lipinski definition) is 5. The number of rotatable bonds is 3. The highest BCUT2D eigenvalue weighted by Gasteiger charge is 2.44. The van der Waals surface area contributed by atoms with Gasteiger partial charge in [0.25, 0.3) is 0 Å². The number of Topliss-reactive ketones (excluding diaryl/α,β-unsaturated/α-hetero) is 2. The molecule has 0 amide bonds. The van der Waals surface area contributed by atoms with Crippen molar-refractivity contribution in [3.05, 3.63) is 11.1 Å². The standard InChI is InChI=1S/C16H22N4O2/c1-9(21)14(10(2)22)15-12-7-5-3-4-6-11(12)13(8-17)16(18)20(15)19/h13-15,18H,3-7,19H2,1-2H3. The third-order valence-electron chi connectivity index (χ3n) is 4.68. The summed E-state index contributed by atoms with van der Waals surface area (Å²) < 4.78 is 0. The molecule has 0 aromatic heterocycles. The topological polar surface area (TPSA) is 111 Å². The van der Waals surface area contributed by atoms with Crippen LogP contribution >= 0.6 is 0 Å². The Hall–Kier alpha value is -2.00. The second-order valence-electron chi connectivity index (χ2n) is 6.11. The van der Waals surface area contributed by atoms with E-state index in [0.717, 1.165) is 43.3 Å². The second-order valence-corrected chi connectivity index (χ2v) is 6.11. The van der Waals surface area contributed by atoms with Gasteiger partial charge < -0.3 is 0 Å². The van der Waals surface area contributed by atoms with Crippen LogP contribution in [0.25, 0.3) is 0 Å². The average molecular weight is 302 g/mol. The van der Waals surface area contributed by atoms with Crippen LogP contribution in [0.15, 0.2) is 11.1 Å². The molecule has 0 bridgehead atoms. The molecule has 3 N–H and O–H groups in total. The van der Waals surface area contributed by atoms with Gasteiger partial charge in [0.2, 0.25) is 0 Å². The summed E-state index contributed by atoms with van der Waals surface area (Å²) in [4.78, 5) is 24.0. The molecule has 2 rings (SSSR count). The molecule has 6 nitrogen and oxygen atoms in total. The number of hydrogen-bond donors (Lipinski definition) is 2. The van der Waals surface area contributed by atoms with Crippen molar-refractivity contribution in [1.82, 2.24) is 5.01 Å². The van der Waals surface area contributed by atoms with E-state index in [1.165, 1.54) is 18.9 Å². The third-order valence-corrected chi connectivity index (χ3v) is 4.68. The minimum atomic E-state index is -0.868. The average Bonchev–Trinajstić information content (AvgIpc) is 2.69. The monoisotopic (exact) mass is 302 g/mol. The van der Waals surface area contributed by atoms with Crippen molar-refractivity contribution in [1.29, 1.82) is 10.7 Å². The van der Waals surface area contributed by atoms with E-state index in [1.54, 1.807) is 0 Å². The summed E-state index contributed by atoms with van der Waals surface area (Å²) in [6, 6.07) is 1.54. The summed E-state index contributed by atoms with van der Waals surface area (Å²) >= 11 is 0. The Morgan fingerprint density at radius 3 is 2.27 bits per heavy atom. The summed E-state index contributed by atoms with van der Waals surface area (Å²) in [5.41, 5.74) is 1.84. The number of nitriles is 1. The molecule has 6 heteroatoms. The van der Waals surface area contributed by atoms with Gasteiger partial charge in [-0.2, -0.15) is 5.26 Å². The van der Waals surface area contributed by atoms with Crippen molar-refractivity contribution in [2.45, 2.75) is 52.0 Å². The third kappa shape index (κ3) is 2.69. The van der Waals surface area contributed by atoms with Crippen LogP contribution in [0.2, 0.25) is 0 Å². The van der Waals surface area contributed by atoms with Gasteiger partial charge in [0.05, 0.1) is 12.1 Å². The van der Waals surface area contributed by atoms with Crippen molar-refractivity contribution in [3.63, 3.8) is 0 Å². The van der Waals surface area contributed by atoms with E-state index in [9.17, 15) is 14.9 Å². The number of carbonyl (C=O) groups excluding carboxylic acids is 2. The molecule has 1 aliphatic heterocycles. The zero-order chi connectivity index (χ0) is 16.4. The van der Waals surface area contributed by atoms with Gasteiger partial charge in [-0.25, -0.2) is 5.84 Å². The van der Waals surface area contributed by atoms with Crippen molar-refractivity contribution >= 4 is 17.4 Å². The number of nitrogens with one attached hydrogen (secondary N) is 1. The quantitative estimate of drug-likeness (QED) is 0.468. The molecular weight excluding hydrogens is 280 g/mol. The van der Waals surface area contributed by atoms with Gasteiger partial charge in [0.15, 0.2) is 0 Å². The Balaban J connectivity index is 2.59. The molecule has 118 valence electrons. The van der Waals surface area contributed by atoms with Gasteiger partial charge >= 0.3 is 0 Å². The van der Waals surface area contributed by atoms with Gasteiger partial charge in [-0.1, -0.05) is 6.42 Å². The summed E-state index contributed by atoms with van der Waals surface area (Å²) in [6.07, 6.45) is 4.43. The number of carbonyl (C=O) groups is 2. The molecule has 0 radical (unpaired) electrons. The van der Waals surface area contributed by atoms with Gasteiger partial charge in [-0.05, 0) is 50.7 Å². The number of ketones is 2. The number of amidine groups is 1. The Labute approximate surface area is 130 Å². The predicted molar refractivity (Wildman–Crippen MR) is 81.6 cm³/mol. The van der Waals surface area contributed by atoms with E-state index in [0.29, 0.717) is 0 Å². The Kier molecular flexibility index (Phi) is 4.77. The zero-order valence-electron chi connectivity index (χ0n) is 13.1. The fraction of sp³-hybridized carbons (Fsp3) is 0.625. The molecule has 2 aliphatic rings. The lowest BCUT2D eigenvalue weighted by Gasteiger charge is -2.41. The maximum absolute atomic E-state index is 12.0. The largest absolute Gasteiger partial charge is 0.299 e. The number of hydrazine groups is 1. The van der Waals surface area contributed by atoms with Gasteiger partial charge in [0.1, 0.15) is 29.2 Å². The SMILES string of the molecule is CC(=O)C(C(C)=O)C1C2=C(CCCCC2)C(C#N)C(=N)N1N. The van der Waals surface area contributed by atoms with E-state index in [2.05, 4.69) is 6.07 Å². The Morgan fingerprint density at radius 1 is 1.23 bits per heavy atom. The van der Waals surface area contributed by atoms with Crippen LogP contribution in [-0.2, 0) is 9.59 Å². The van der Waals surface area contributed by atoms with E-state index in [1.807, 2.05) is 0 Å². The van der Waals surface area contributed by atoms with Gasteiger partial charge in [-0.3, -0.25) is 20.0 Å². The lowest BCUT2D eigenvalue weighted by atomic mass is 9.76. The maximum Gasteiger partial charge on any atom is 0.142 e. The molecule has 0 fully saturated rings. The lowest BCUT2D eigenvalue weighted by molar-refractivity contribution is -0.132. The first-order chi connectivity index (χ1) is 10.4. The Morgan fingerprint density at radius 2 is 1.77 bits per heavy atom. The summed E-state index contributed by atoms with van der Waals surface area (Å²) in [5, 5.41) is 18.8. The van der Waals surface area contributed by atoms with Crippen LogP contribution in [0.5, 0.6) is 0 Å². The van der Waals surface area contributed by atoms with Crippen LogP contribution in [0.4, 0.5) is 0 Å². The molecule has 0 aromatic rings. The summed E-state index contributed by atoms with van der Waals surface area (Å²) in [5.74, 6) is 4.02. The summed E-state index contributed by atoms with van der Waals surface area (Å²) in [6.45, 7) is 2.77. The van der Waals surface area contributed by atoms with Crippen molar-refractivity contribution in [2.75, 3.05) is 0 Å². The minimum absolute atomic E-state index is 0.0133. The van der Waals surface area contributed by atoms with E-state index in [-0.39, 0.29) is 17.4 Å². The molecule has 2 unspecified atom stereocenters. The van der Waals surface area contributed by atoms with Crippen molar-refractivity contribution < 1.29 is 9.59 Å². The lowest BCUT2D eigenvalue weighted by Crippen LogP contribution is -2.57. The molecule has 0 aromatic carbocycles. The number of nitrogens with zero attached hydrogens (tertiary/aromatic N) is 2. The minimum Gasteiger partial charge on any atom is -0.299 e. The smallest absolute Gasteiger partial charge is 0.142 e. The molecule has 0 saturated carbocycles.